The highest BCUT2D eigenvalue weighted by Gasteiger charge is 2.50. The van der Waals surface area contributed by atoms with E-state index in [1.807, 2.05) is 0 Å². The summed E-state index contributed by atoms with van der Waals surface area (Å²) in [5.74, 6) is 1.76. The minimum absolute atomic E-state index is 0.880. The van der Waals surface area contributed by atoms with Crippen LogP contribution in [0.3, 0.4) is 0 Å². The van der Waals surface area contributed by atoms with Crippen molar-refractivity contribution in [3.8, 4) is 11.5 Å². The molecule has 0 atom stereocenters. The summed E-state index contributed by atoms with van der Waals surface area (Å²) >= 11 is 6.87. The Morgan fingerprint density at radius 2 is 0.857 bits per heavy atom. The summed E-state index contributed by atoms with van der Waals surface area (Å²) in [5.41, 5.74) is 6.79. The highest BCUT2D eigenvalue weighted by molar-refractivity contribution is 8.26. The SMILES string of the molecule is S=P12c3c4cccc3N(c3ccccc3)c3cccc(c31)N(c1ccccc1)c1cccc(c12)O4. The summed E-state index contributed by atoms with van der Waals surface area (Å²) in [4.78, 5) is 4.71. The summed E-state index contributed by atoms with van der Waals surface area (Å²) in [5, 5.41) is 3.56. The Morgan fingerprint density at radius 1 is 0.457 bits per heavy atom. The van der Waals surface area contributed by atoms with Gasteiger partial charge in [-0.15, -0.1) is 0 Å². The van der Waals surface area contributed by atoms with Gasteiger partial charge in [0.1, 0.15) is 11.5 Å². The third kappa shape index (κ3) is 2.38. The average molecular weight is 487 g/mol. The largest absolute Gasteiger partial charge is 0.456 e. The molecule has 8 rings (SSSR count). The van der Waals surface area contributed by atoms with Crippen LogP contribution in [-0.2, 0) is 11.8 Å². The van der Waals surface area contributed by atoms with Crippen LogP contribution in [0, 0.1) is 0 Å². The third-order valence-corrected chi connectivity index (χ3v) is 12.0. The smallest absolute Gasteiger partial charge is 0.138 e. The number of hydrogen-bond acceptors (Lipinski definition) is 4. The normalized spacial score (nSPS) is 15.3. The first-order chi connectivity index (χ1) is 17.3. The Hall–Kier alpha value is -3.85. The lowest BCUT2D eigenvalue weighted by Crippen LogP contribution is -2.45. The quantitative estimate of drug-likeness (QED) is 0.242. The second-order valence-electron chi connectivity index (χ2n) is 8.95. The first kappa shape index (κ1) is 19.5. The van der Waals surface area contributed by atoms with E-state index >= 15 is 0 Å². The molecule has 3 aliphatic rings. The van der Waals surface area contributed by atoms with Crippen molar-refractivity contribution in [1.82, 2.24) is 0 Å². The molecule has 35 heavy (non-hydrogen) atoms. The molecule has 0 unspecified atom stereocenters. The highest BCUT2D eigenvalue weighted by Crippen LogP contribution is 2.65. The van der Waals surface area contributed by atoms with Crippen molar-refractivity contribution < 1.29 is 4.74 Å². The summed E-state index contributed by atoms with van der Waals surface area (Å²) in [6.45, 7) is 0. The standard InChI is InChI=1S/C30H19N2OPS/c35-34-28-22-14-7-15-23(28)32(21-12-5-2-6-13-21)25-17-9-19-27(30(25)34)33-26-18-8-16-24(29(26)34)31(22)20-10-3-1-4-11-20/h1-19H. The van der Waals surface area contributed by atoms with Gasteiger partial charge in [0.05, 0.1) is 39.4 Å². The van der Waals surface area contributed by atoms with E-state index in [0.717, 1.165) is 56.2 Å². The van der Waals surface area contributed by atoms with Crippen LogP contribution < -0.4 is 30.5 Å². The monoisotopic (exact) mass is 486 g/mol. The summed E-state index contributed by atoms with van der Waals surface area (Å²) < 4.78 is 6.59. The number of hydrogen-bond donors (Lipinski definition) is 0. The van der Waals surface area contributed by atoms with Gasteiger partial charge in [0, 0.05) is 16.7 Å². The fourth-order valence-electron chi connectivity index (χ4n) is 5.81. The molecule has 0 saturated carbocycles. The Labute approximate surface area is 208 Å². The van der Waals surface area contributed by atoms with E-state index < -0.39 is 6.04 Å². The van der Waals surface area contributed by atoms with Gasteiger partial charge in [0.2, 0.25) is 0 Å². The van der Waals surface area contributed by atoms with Crippen molar-refractivity contribution in [1.29, 1.82) is 0 Å². The molecule has 3 nitrogen and oxygen atoms in total. The zero-order chi connectivity index (χ0) is 23.1. The fraction of sp³-hybridized carbons (Fsp3) is 0. The molecule has 0 saturated heterocycles. The zero-order valence-electron chi connectivity index (χ0n) is 18.6. The van der Waals surface area contributed by atoms with E-state index in [1.165, 1.54) is 5.30 Å². The molecule has 3 aliphatic heterocycles. The van der Waals surface area contributed by atoms with Crippen LogP contribution >= 0.6 is 6.04 Å². The molecule has 0 radical (unpaired) electrons. The summed E-state index contributed by atoms with van der Waals surface area (Å²) in [6.07, 6.45) is 0. The Morgan fingerprint density at radius 3 is 1.31 bits per heavy atom. The molecular formula is C30H19N2OPS. The number of para-hydroxylation sites is 2. The van der Waals surface area contributed by atoms with Crippen molar-refractivity contribution >= 4 is 67.9 Å². The van der Waals surface area contributed by atoms with Crippen molar-refractivity contribution in [3.63, 3.8) is 0 Å². The summed E-state index contributed by atoms with van der Waals surface area (Å²) in [7, 11) is 0. The second-order valence-corrected chi connectivity index (χ2v) is 13.1. The Kier molecular flexibility index (Phi) is 3.81. The van der Waals surface area contributed by atoms with Gasteiger partial charge in [-0.3, -0.25) is 0 Å². The maximum Gasteiger partial charge on any atom is 0.138 e. The van der Waals surface area contributed by atoms with Crippen molar-refractivity contribution in [2.45, 2.75) is 0 Å². The van der Waals surface area contributed by atoms with Crippen LogP contribution in [0.5, 0.6) is 11.5 Å². The topological polar surface area (TPSA) is 15.7 Å². The van der Waals surface area contributed by atoms with Crippen molar-refractivity contribution in [3.05, 3.63) is 115 Å². The van der Waals surface area contributed by atoms with Crippen LogP contribution in [-0.4, -0.2) is 0 Å². The molecule has 5 aromatic carbocycles. The molecule has 5 aromatic rings. The van der Waals surface area contributed by atoms with Gasteiger partial charge in [-0.25, -0.2) is 0 Å². The molecule has 0 N–H and O–H groups in total. The van der Waals surface area contributed by atoms with E-state index in [2.05, 4.69) is 125 Å². The van der Waals surface area contributed by atoms with Gasteiger partial charge < -0.3 is 14.5 Å². The van der Waals surface area contributed by atoms with Crippen LogP contribution in [0.2, 0.25) is 0 Å². The van der Waals surface area contributed by atoms with Gasteiger partial charge in [-0.05, 0) is 60.7 Å². The lowest BCUT2D eigenvalue weighted by molar-refractivity contribution is 0.488. The Balaban J connectivity index is 1.56. The van der Waals surface area contributed by atoms with E-state index in [4.69, 9.17) is 16.5 Å². The molecule has 5 heteroatoms. The first-order valence-corrected chi connectivity index (χ1v) is 14.5. The number of anilines is 6. The minimum atomic E-state index is -2.38. The lowest BCUT2D eigenvalue weighted by Gasteiger charge is -2.48. The molecule has 0 amide bonds. The minimum Gasteiger partial charge on any atom is -0.456 e. The number of ether oxygens (including phenoxy) is 1. The maximum absolute atomic E-state index is 6.87. The molecular weight excluding hydrogens is 467 g/mol. The average Bonchev–Trinajstić information content (AvgIpc) is 2.90. The van der Waals surface area contributed by atoms with E-state index in [-0.39, 0.29) is 0 Å². The highest BCUT2D eigenvalue weighted by atomic mass is 32.4. The summed E-state index contributed by atoms with van der Waals surface area (Å²) in [6, 6.07) is 38.0. The molecule has 0 aliphatic carbocycles. The zero-order valence-corrected chi connectivity index (χ0v) is 20.3. The van der Waals surface area contributed by atoms with Gasteiger partial charge in [-0.2, -0.15) is 0 Å². The van der Waals surface area contributed by atoms with Crippen LogP contribution in [0.25, 0.3) is 0 Å². The van der Waals surface area contributed by atoms with Crippen LogP contribution in [0.1, 0.15) is 0 Å². The number of rotatable bonds is 2. The van der Waals surface area contributed by atoms with E-state index in [1.54, 1.807) is 0 Å². The van der Waals surface area contributed by atoms with Gasteiger partial charge in [-0.1, -0.05) is 66.4 Å². The van der Waals surface area contributed by atoms with Crippen molar-refractivity contribution in [2.75, 3.05) is 9.80 Å². The lowest BCUT2D eigenvalue weighted by atomic mass is 10.1. The second kappa shape index (κ2) is 6.85. The Bertz CT molecular complexity index is 1600. The number of benzene rings is 5. The van der Waals surface area contributed by atoms with Gasteiger partial charge >= 0.3 is 0 Å². The molecule has 166 valence electrons. The van der Waals surface area contributed by atoms with Gasteiger partial charge in [0.15, 0.2) is 0 Å². The fourth-order valence-corrected chi connectivity index (χ4v) is 11.0. The van der Waals surface area contributed by atoms with E-state index in [9.17, 15) is 0 Å². The molecule has 0 spiro atoms. The predicted molar refractivity (Wildman–Crippen MR) is 149 cm³/mol. The predicted octanol–water partition coefficient (Wildman–Crippen LogP) is 7.11. The molecule has 0 fully saturated rings. The first-order valence-electron chi connectivity index (χ1n) is 11.7. The molecule has 0 bridgehead atoms. The molecule has 0 aromatic heterocycles. The maximum atomic E-state index is 6.87. The van der Waals surface area contributed by atoms with E-state index in [0.29, 0.717) is 0 Å². The van der Waals surface area contributed by atoms with Crippen LogP contribution in [0.4, 0.5) is 34.1 Å². The number of nitrogens with zero attached hydrogens (tertiary/aromatic N) is 2. The van der Waals surface area contributed by atoms with Gasteiger partial charge in [0.25, 0.3) is 0 Å². The third-order valence-electron chi connectivity index (χ3n) is 7.11. The van der Waals surface area contributed by atoms with Crippen molar-refractivity contribution in [2.24, 2.45) is 0 Å². The molecule has 3 heterocycles. The van der Waals surface area contributed by atoms with Crippen LogP contribution in [0.15, 0.2) is 115 Å².